The Kier molecular flexibility index (Phi) is 5.04. The van der Waals surface area contributed by atoms with E-state index in [4.69, 9.17) is 4.52 Å². The van der Waals surface area contributed by atoms with Gasteiger partial charge in [-0.05, 0) is 56.2 Å². The highest BCUT2D eigenvalue weighted by molar-refractivity contribution is 7.15. The molecule has 1 N–H and O–H groups in total. The van der Waals surface area contributed by atoms with Crippen LogP contribution in [0, 0.1) is 20.8 Å². The van der Waals surface area contributed by atoms with Crippen LogP contribution in [0.4, 0.5) is 26.3 Å². The lowest BCUT2D eigenvalue weighted by molar-refractivity contribution is -0.254. The minimum atomic E-state index is -5.70. The number of phenols is 1. The number of allylic oxidation sites excluding steroid dienone is 2. The Balaban J connectivity index is 2.03. The van der Waals surface area contributed by atoms with Gasteiger partial charge in [-0.25, -0.2) is 0 Å². The number of halogens is 6. The average molecular weight is 487 g/mol. The Labute approximate surface area is 187 Å². The second kappa shape index (κ2) is 7.21. The van der Waals surface area contributed by atoms with Crippen molar-refractivity contribution in [3.05, 3.63) is 57.3 Å². The van der Waals surface area contributed by atoms with E-state index in [1.54, 1.807) is 0 Å². The maximum absolute atomic E-state index is 15.0. The maximum Gasteiger partial charge on any atom is 0.380 e. The molecule has 0 atom stereocenters. The van der Waals surface area contributed by atoms with Gasteiger partial charge in [-0.3, -0.25) is 4.79 Å². The summed E-state index contributed by atoms with van der Waals surface area (Å²) in [6, 6.07) is 4.96. The number of aldehydes is 1. The number of carbonyl (C=O) groups is 1. The third kappa shape index (κ3) is 3.05. The van der Waals surface area contributed by atoms with Crippen LogP contribution in [0.25, 0.3) is 21.6 Å². The second-order valence-corrected chi connectivity index (χ2v) is 8.90. The van der Waals surface area contributed by atoms with Gasteiger partial charge in [0.25, 0.3) is 0 Å². The molecule has 1 aromatic carbocycles. The fourth-order valence-corrected chi connectivity index (χ4v) is 4.95. The van der Waals surface area contributed by atoms with E-state index >= 15 is 8.78 Å². The fourth-order valence-electron chi connectivity index (χ4n) is 3.93. The molecular formula is C22H15F6NO3S. The van der Waals surface area contributed by atoms with Gasteiger partial charge in [-0.15, -0.1) is 11.3 Å². The molecule has 1 aliphatic carbocycles. The first kappa shape index (κ1) is 23.1. The molecule has 0 bridgehead atoms. The first-order chi connectivity index (χ1) is 15.3. The predicted molar refractivity (Wildman–Crippen MR) is 109 cm³/mol. The molecule has 3 aromatic rings. The quantitative estimate of drug-likeness (QED) is 0.330. The van der Waals surface area contributed by atoms with Crippen molar-refractivity contribution < 1.29 is 40.8 Å². The molecule has 2 aromatic heterocycles. The minimum Gasteiger partial charge on any atom is -0.507 e. The molecule has 0 saturated heterocycles. The van der Waals surface area contributed by atoms with Crippen LogP contribution in [0.5, 0.6) is 5.75 Å². The zero-order valence-electron chi connectivity index (χ0n) is 17.3. The van der Waals surface area contributed by atoms with E-state index in [0.717, 1.165) is 17.4 Å². The predicted octanol–water partition coefficient (Wildman–Crippen LogP) is 6.68. The topological polar surface area (TPSA) is 63.3 Å². The number of aromatic nitrogens is 1. The Morgan fingerprint density at radius 2 is 1.64 bits per heavy atom. The number of hydrogen-bond donors (Lipinski definition) is 1. The van der Waals surface area contributed by atoms with E-state index in [-0.39, 0.29) is 32.5 Å². The van der Waals surface area contributed by atoms with E-state index in [0.29, 0.717) is 11.8 Å². The molecule has 0 amide bonds. The number of carbonyl (C=O) groups excluding carboxylic acids is 1. The van der Waals surface area contributed by atoms with E-state index in [9.17, 15) is 27.5 Å². The van der Waals surface area contributed by atoms with Crippen LogP contribution in [0.3, 0.4) is 0 Å². The number of aryl methyl sites for hydroxylation is 3. The number of thiophene rings is 1. The summed E-state index contributed by atoms with van der Waals surface area (Å²) in [4.78, 5) is 11.5. The van der Waals surface area contributed by atoms with Crippen molar-refractivity contribution in [2.45, 2.75) is 38.5 Å². The van der Waals surface area contributed by atoms with E-state index < -0.39 is 40.0 Å². The van der Waals surface area contributed by atoms with Crippen molar-refractivity contribution in [2.75, 3.05) is 0 Å². The summed E-state index contributed by atoms with van der Waals surface area (Å²) in [6.45, 7) is 3.71. The minimum absolute atomic E-state index is 0.0816. The molecular weight excluding hydrogens is 472 g/mol. The molecule has 0 spiro atoms. The molecule has 4 nitrogen and oxygen atoms in total. The van der Waals surface area contributed by atoms with E-state index in [1.807, 2.05) is 0 Å². The van der Waals surface area contributed by atoms with Crippen molar-refractivity contribution in [3.63, 3.8) is 0 Å². The molecule has 0 fully saturated rings. The lowest BCUT2D eigenvalue weighted by Crippen LogP contribution is -2.49. The van der Waals surface area contributed by atoms with E-state index in [1.165, 1.54) is 39.0 Å². The van der Waals surface area contributed by atoms with Crippen molar-refractivity contribution in [1.82, 2.24) is 5.16 Å². The Morgan fingerprint density at radius 3 is 2.21 bits per heavy atom. The summed E-state index contributed by atoms with van der Waals surface area (Å²) in [5.41, 5.74) is -4.09. The third-order valence-corrected chi connectivity index (χ3v) is 6.68. The monoisotopic (exact) mass is 487 g/mol. The van der Waals surface area contributed by atoms with Gasteiger partial charge in [-0.2, -0.15) is 26.3 Å². The van der Waals surface area contributed by atoms with Crippen LogP contribution in [0.2, 0.25) is 0 Å². The first-order valence-corrected chi connectivity index (χ1v) is 10.3. The number of rotatable bonds is 4. The molecule has 0 radical (unpaired) electrons. The zero-order chi connectivity index (χ0) is 24.5. The van der Waals surface area contributed by atoms with Gasteiger partial charge in [-0.1, -0.05) is 5.16 Å². The van der Waals surface area contributed by atoms with Gasteiger partial charge < -0.3 is 9.63 Å². The van der Waals surface area contributed by atoms with Crippen molar-refractivity contribution >= 4 is 28.8 Å². The summed E-state index contributed by atoms with van der Waals surface area (Å²) in [6.07, 6.45) is 0.379. The van der Waals surface area contributed by atoms with Crippen LogP contribution in [0.1, 0.15) is 37.8 Å². The Bertz CT molecular complexity index is 1300. The maximum atomic E-state index is 15.0. The lowest BCUT2D eigenvalue weighted by atomic mass is 9.93. The number of hydrogen-bond acceptors (Lipinski definition) is 5. The van der Waals surface area contributed by atoms with Crippen LogP contribution in [0.15, 0.2) is 28.8 Å². The molecule has 4 rings (SSSR count). The number of alkyl halides is 6. The summed E-state index contributed by atoms with van der Waals surface area (Å²) in [5, 5.41) is 13.1. The highest BCUT2D eigenvalue weighted by atomic mass is 32.1. The number of aromatic hydroxyl groups is 1. The van der Waals surface area contributed by atoms with Gasteiger partial charge in [0.15, 0.2) is 6.29 Å². The number of benzene rings is 1. The lowest BCUT2D eigenvalue weighted by Gasteiger charge is -2.25. The van der Waals surface area contributed by atoms with Crippen molar-refractivity contribution in [3.8, 4) is 16.2 Å². The largest absolute Gasteiger partial charge is 0.507 e. The number of phenolic OH excluding ortho intramolecular Hbond substituents is 1. The molecule has 33 heavy (non-hydrogen) atoms. The van der Waals surface area contributed by atoms with Crippen LogP contribution in [-0.2, 0) is 0 Å². The highest BCUT2D eigenvalue weighted by Crippen LogP contribution is 2.65. The smallest absolute Gasteiger partial charge is 0.380 e. The van der Waals surface area contributed by atoms with Gasteiger partial charge in [0.2, 0.25) is 0 Å². The van der Waals surface area contributed by atoms with Crippen molar-refractivity contribution in [1.29, 1.82) is 0 Å². The molecule has 1 aliphatic rings. The van der Waals surface area contributed by atoms with Crippen LogP contribution >= 0.6 is 11.3 Å². The average Bonchev–Trinajstić information content (AvgIpc) is 3.30. The number of nitrogens with zero attached hydrogens (tertiary/aromatic N) is 1. The molecule has 2 heterocycles. The Morgan fingerprint density at radius 1 is 1.00 bits per heavy atom. The SMILES string of the molecule is Cc1noc(C)c1C1=C(c2cc(-c3ccc(O)c(C=O)c3)sc2C)C(F)(F)C(F)(F)C1(F)F. The molecule has 11 heteroatoms. The summed E-state index contributed by atoms with van der Waals surface area (Å²) >= 11 is 0.894. The third-order valence-electron chi connectivity index (χ3n) is 5.58. The summed E-state index contributed by atoms with van der Waals surface area (Å²) < 4.78 is 93.7. The van der Waals surface area contributed by atoms with Gasteiger partial charge >= 0.3 is 17.8 Å². The Hall–Kier alpha value is -3.08. The zero-order valence-corrected chi connectivity index (χ0v) is 18.1. The fraction of sp³-hybridized carbons (Fsp3) is 0.273. The summed E-state index contributed by atoms with van der Waals surface area (Å²) in [5.74, 6) is -16.7. The van der Waals surface area contributed by atoms with Gasteiger partial charge in [0.05, 0.1) is 16.8 Å². The standard InChI is InChI=1S/C22H15F6NO3S/c1-9-17(10(2)32-29-9)19-18(20(23,24)22(27,28)21(19,25)26)14-7-16(33-11(14)3)12-4-5-15(31)13(6-12)8-30/h4-8,31H,1-3H3. The molecule has 0 unspecified atom stereocenters. The first-order valence-electron chi connectivity index (χ1n) is 9.47. The van der Waals surface area contributed by atoms with Gasteiger partial charge in [0, 0.05) is 20.9 Å². The van der Waals surface area contributed by atoms with Crippen LogP contribution < -0.4 is 0 Å². The van der Waals surface area contributed by atoms with Gasteiger partial charge in [0.1, 0.15) is 11.5 Å². The molecule has 0 aliphatic heterocycles. The molecule has 0 saturated carbocycles. The van der Waals surface area contributed by atoms with E-state index in [2.05, 4.69) is 5.16 Å². The second-order valence-electron chi connectivity index (χ2n) is 7.64. The van der Waals surface area contributed by atoms with Crippen molar-refractivity contribution in [2.24, 2.45) is 0 Å². The molecule has 174 valence electrons. The summed E-state index contributed by atoms with van der Waals surface area (Å²) in [7, 11) is 0. The highest BCUT2D eigenvalue weighted by Gasteiger charge is 2.80. The normalized spacial score (nSPS) is 18.7. The van der Waals surface area contributed by atoms with Crippen LogP contribution in [-0.4, -0.2) is 34.3 Å².